The molecule has 0 radical (unpaired) electrons. The van der Waals surface area contributed by atoms with Crippen LogP contribution in [0, 0.1) is 0 Å². The SMILES string of the molecule is COc1ccc([C@@H]2COc3cc(OC)ccc3C2=O)c(O)c1. The maximum atomic E-state index is 12.7. The fourth-order valence-corrected chi connectivity index (χ4v) is 2.57. The van der Waals surface area contributed by atoms with Crippen molar-refractivity contribution in [1.29, 1.82) is 0 Å². The zero-order valence-electron chi connectivity index (χ0n) is 12.3. The molecule has 22 heavy (non-hydrogen) atoms. The highest BCUT2D eigenvalue weighted by molar-refractivity contribution is 6.04. The summed E-state index contributed by atoms with van der Waals surface area (Å²) in [7, 11) is 3.08. The van der Waals surface area contributed by atoms with Crippen LogP contribution in [0.25, 0.3) is 0 Å². The Morgan fingerprint density at radius 3 is 2.45 bits per heavy atom. The van der Waals surface area contributed by atoms with Gasteiger partial charge in [-0.1, -0.05) is 6.07 Å². The number of carbonyl (C=O) groups is 1. The molecular weight excluding hydrogens is 284 g/mol. The Morgan fingerprint density at radius 2 is 1.77 bits per heavy atom. The molecule has 114 valence electrons. The summed E-state index contributed by atoms with van der Waals surface area (Å²) in [6.07, 6.45) is 0. The van der Waals surface area contributed by atoms with Crippen molar-refractivity contribution >= 4 is 5.78 Å². The third-order valence-electron chi connectivity index (χ3n) is 3.79. The summed E-state index contributed by atoms with van der Waals surface area (Å²) >= 11 is 0. The van der Waals surface area contributed by atoms with E-state index in [0.717, 1.165) is 0 Å². The number of methoxy groups -OCH3 is 2. The molecule has 5 nitrogen and oxygen atoms in total. The normalized spacial score (nSPS) is 16.6. The minimum Gasteiger partial charge on any atom is -0.508 e. The van der Waals surface area contributed by atoms with Crippen LogP contribution >= 0.6 is 0 Å². The predicted molar refractivity (Wildman–Crippen MR) is 80.2 cm³/mol. The summed E-state index contributed by atoms with van der Waals surface area (Å²) in [5.41, 5.74) is 1.03. The van der Waals surface area contributed by atoms with Crippen LogP contribution in [0.15, 0.2) is 36.4 Å². The first kappa shape index (κ1) is 14.3. The number of hydrogen-bond acceptors (Lipinski definition) is 5. The largest absolute Gasteiger partial charge is 0.508 e. The molecule has 0 aliphatic carbocycles. The molecule has 0 unspecified atom stereocenters. The topological polar surface area (TPSA) is 65.0 Å². The first-order valence-electron chi connectivity index (χ1n) is 6.86. The van der Waals surface area contributed by atoms with Gasteiger partial charge in [-0.3, -0.25) is 4.79 Å². The molecule has 1 atom stereocenters. The number of benzene rings is 2. The van der Waals surface area contributed by atoms with Crippen LogP contribution in [0.2, 0.25) is 0 Å². The van der Waals surface area contributed by atoms with Crippen LogP contribution in [0.3, 0.4) is 0 Å². The van der Waals surface area contributed by atoms with Crippen molar-refractivity contribution < 1.29 is 24.1 Å². The predicted octanol–water partition coefficient (Wildman–Crippen LogP) is 2.77. The lowest BCUT2D eigenvalue weighted by atomic mass is 9.88. The molecule has 2 aromatic rings. The molecule has 0 bridgehead atoms. The van der Waals surface area contributed by atoms with Crippen molar-refractivity contribution in [3.63, 3.8) is 0 Å². The summed E-state index contributed by atoms with van der Waals surface area (Å²) < 4.78 is 15.9. The van der Waals surface area contributed by atoms with Crippen molar-refractivity contribution in [2.75, 3.05) is 20.8 Å². The Morgan fingerprint density at radius 1 is 1.09 bits per heavy atom. The van der Waals surface area contributed by atoms with Gasteiger partial charge in [0.25, 0.3) is 0 Å². The summed E-state index contributed by atoms with van der Waals surface area (Å²) in [6.45, 7) is 0.179. The number of hydrogen-bond donors (Lipinski definition) is 1. The van der Waals surface area contributed by atoms with Gasteiger partial charge in [-0.2, -0.15) is 0 Å². The van der Waals surface area contributed by atoms with E-state index in [-0.39, 0.29) is 18.1 Å². The van der Waals surface area contributed by atoms with Crippen molar-refractivity contribution in [3.8, 4) is 23.0 Å². The second-order valence-corrected chi connectivity index (χ2v) is 5.01. The van der Waals surface area contributed by atoms with Crippen LogP contribution in [0.1, 0.15) is 21.8 Å². The number of Topliss-reactive ketones (excluding diaryl/α,β-unsaturated/α-hetero) is 1. The summed E-state index contributed by atoms with van der Waals surface area (Å²) in [5.74, 6) is 1.09. The molecule has 1 heterocycles. The van der Waals surface area contributed by atoms with E-state index in [0.29, 0.717) is 28.4 Å². The zero-order chi connectivity index (χ0) is 15.7. The molecular formula is C17H16O5. The Labute approximate surface area is 128 Å². The quantitative estimate of drug-likeness (QED) is 0.944. The second kappa shape index (κ2) is 5.60. The molecule has 0 saturated carbocycles. The van der Waals surface area contributed by atoms with Gasteiger partial charge in [-0.05, 0) is 18.2 Å². The van der Waals surface area contributed by atoms with Crippen LogP contribution in [-0.2, 0) is 0 Å². The number of aromatic hydroxyl groups is 1. The van der Waals surface area contributed by atoms with E-state index in [9.17, 15) is 9.90 Å². The molecule has 0 spiro atoms. The standard InChI is InChI=1S/C17H16O5/c1-20-10-3-5-12(15(18)7-10)14-9-22-16-8-11(21-2)4-6-13(16)17(14)19/h3-8,14,18H,9H2,1-2H3/t14-/m0/s1. The molecule has 2 aromatic carbocycles. The third kappa shape index (κ3) is 2.35. The van der Waals surface area contributed by atoms with Gasteiger partial charge in [-0.25, -0.2) is 0 Å². The third-order valence-corrected chi connectivity index (χ3v) is 3.79. The average Bonchev–Trinajstić information content (AvgIpc) is 2.55. The lowest BCUT2D eigenvalue weighted by Gasteiger charge is -2.25. The van der Waals surface area contributed by atoms with E-state index in [1.165, 1.54) is 13.2 Å². The molecule has 0 amide bonds. The number of ether oxygens (including phenoxy) is 3. The number of phenols is 1. The first-order valence-corrected chi connectivity index (χ1v) is 6.86. The molecule has 0 saturated heterocycles. The fourth-order valence-electron chi connectivity index (χ4n) is 2.57. The minimum atomic E-state index is -0.535. The van der Waals surface area contributed by atoms with Gasteiger partial charge in [0.2, 0.25) is 0 Å². The van der Waals surface area contributed by atoms with Gasteiger partial charge in [0.15, 0.2) is 5.78 Å². The second-order valence-electron chi connectivity index (χ2n) is 5.01. The molecule has 5 heteroatoms. The smallest absolute Gasteiger partial charge is 0.177 e. The highest BCUT2D eigenvalue weighted by Crippen LogP contribution is 2.38. The number of carbonyl (C=O) groups excluding carboxylic acids is 1. The lowest BCUT2D eigenvalue weighted by Crippen LogP contribution is -2.26. The van der Waals surface area contributed by atoms with Crippen LogP contribution in [0.4, 0.5) is 0 Å². The fraction of sp³-hybridized carbons (Fsp3) is 0.235. The number of rotatable bonds is 3. The van der Waals surface area contributed by atoms with Gasteiger partial charge < -0.3 is 19.3 Å². The molecule has 1 aliphatic heterocycles. The Balaban J connectivity index is 1.96. The Kier molecular flexibility index (Phi) is 3.63. The molecule has 0 aromatic heterocycles. The highest BCUT2D eigenvalue weighted by Gasteiger charge is 2.32. The highest BCUT2D eigenvalue weighted by atomic mass is 16.5. The Hall–Kier alpha value is -2.69. The zero-order valence-corrected chi connectivity index (χ0v) is 12.3. The van der Waals surface area contributed by atoms with Crippen LogP contribution in [-0.4, -0.2) is 31.7 Å². The number of phenolic OH excluding ortho intramolecular Hbond substituents is 1. The Bertz CT molecular complexity index is 723. The summed E-state index contributed by atoms with van der Waals surface area (Å²) in [6, 6.07) is 9.99. The number of ketones is 1. The van der Waals surface area contributed by atoms with Gasteiger partial charge >= 0.3 is 0 Å². The van der Waals surface area contributed by atoms with E-state index >= 15 is 0 Å². The van der Waals surface area contributed by atoms with Crippen molar-refractivity contribution in [3.05, 3.63) is 47.5 Å². The van der Waals surface area contributed by atoms with E-state index in [4.69, 9.17) is 14.2 Å². The maximum absolute atomic E-state index is 12.7. The van der Waals surface area contributed by atoms with Crippen LogP contribution in [0.5, 0.6) is 23.0 Å². The van der Waals surface area contributed by atoms with E-state index in [1.807, 2.05) is 0 Å². The van der Waals surface area contributed by atoms with Crippen molar-refractivity contribution in [2.45, 2.75) is 5.92 Å². The summed E-state index contributed by atoms with van der Waals surface area (Å²) in [5, 5.41) is 10.1. The number of fused-ring (bicyclic) bond motifs is 1. The lowest BCUT2D eigenvalue weighted by molar-refractivity contribution is 0.0894. The van der Waals surface area contributed by atoms with Gasteiger partial charge in [0, 0.05) is 17.7 Å². The van der Waals surface area contributed by atoms with Gasteiger partial charge in [0.05, 0.1) is 25.7 Å². The van der Waals surface area contributed by atoms with Gasteiger partial charge in [-0.15, -0.1) is 0 Å². The monoisotopic (exact) mass is 300 g/mol. The average molecular weight is 300 g/mol. The molecule has 1 N–H and O–H groups in total. The first-order chi connectivity index (χ1) is 10.6. The van der Waals surface area contributed by atoms with Crippen molar-refractivity contribution in [2.24, 2.45) is 0 Å². The van der Waals surface area contributed by atoms with E-state index in [2.05, 4.69) is 0 Å². The molecule has 0 fully saturated rings. The summed E-state index contributed by atoms with van der Waals surface area (Å²) in [4.78, 5) is 12.7. The minimum absolute atomic E-state index is 0.0262. The maximum Gasteiger partial charge on any atom is 0.177 e. The van der Waals surface area contributed by atoms with E-state index < -0.39 is 5.92 Å². The van der Waals surface area contributed by atoms with Crippen molar-refractivity contribution in [1.82, 2.24) is 0 Å². The van der Waals surface area contributed by atoms with Crippen LogP contribution < -0.4 is 14.2 Å². The van der Waals surface area contributed by atoms with E-state index in [1.54, 1.807) is 37.4 Å². The molecule has 1 aliphatic rings. The van der Waals surface area contributed by atoms with Gasteiger partial charge in [0.1, 0.15) is 29.6 Å². The molecule has 3 rings (SSSR count).